The molecule has 15 heavy (non-hydrogen) atoms. The fourth-order valence-corrected chi connectivity index (χ4v) is 0.919. The molecule has 0 bridgehead atoms. The molecule has 0 aliphatic rings. The summed E-state index contributed by atoms with van der Waals surface area (Å²) in [6, 6.07) is 2.92. The summed E-state index contributed by atoms with van der Waals surface area (Å²) in [5.74, 6) is -0.485. The molecule has 82 valence electrons. The van der Waals surface area contributed by atoms with Gasteiger partial charge in [-0.1, -0.05) is 5.16 Å². The number of oxime groups is 1. The summed E-state index contributed by atoms with van der Waals surface area (Å²) >= 11 is 0. The molecule has 0 fully saturated rings. The standard InChI is InChI=1S/C11H15FN2O/c1-8-9(5-6-10(12)14-8)7-13-15-11(2,3)4/h5-7H,1-4H3/b13-7+. The van der Waals surface area contributed by atoms with E-state index in [4.69, 9.17) is 4.84 Å². The first-order valence-corrected chi connectivity index (χ1v) is 4.73. The maximum Gasteiger partial charge on any atom is 0.213 e. The number of aromatic nitrogens is 1. The fourth-order valence-electron chi connectivity index (χ4n) is 0.919. The van der Waals surface area contributed by atoms with E-state index in [1.54, 1.807) is 13.0 Å². The van der Waals surface area contributed by atoms with Gasteiger partial charge in [-0.25, -0.2) is 4.98 Å². The monoisotopic (exact) mass is 210 g/mol. The summed E-state index contributed by atoms with van der Waals surface area (Å²) in [4.78, 5) is 8.84. The van der Waals surface area contributed by atoms with E-state index in [1.807, 2.05) is 20.8 Å². The summed E-state index contributed by atoms with van der Waals surface area (Å²) in [7, 11) is 0. The molecule has 0 radical (unpaired) electrons. The van der Waals surface area contributed by atoms with Crippen molar-refractivity contribution < 1.29 is 9.23 Å². The Labute approximate surface area is 89.0 Å². The third-order valence-electron chi connectivity index (χ3n) is 1.61. The molecule has 0 aromatic carbocycles. The van der Waals surface area contributed by atoms with Crippen LogP contribution in [0.15, 0.2) is 17.3 Å². The Morgan fingerprint density at radius 2 is 2.07 bits per heavy atom. The molecule has 0 amide bonds. The van der Waals surface area contributed by atoms with Gasteiger partial charge in [-0.3, -0.25) is 0 Å². The number of hydrogen-bond donors (Lipinski definition) is 0. The van der Waals surface area contributed by atoms with E-state index in [0.717, 1.165) is 5.56 Å². The normalized spacial score (nSPS) is 12.1. The number of rotatable bonds is 2. The van der Waals surface area contributed by atoms with E-state index in [9.17, 15) is 4.39 Å². The van der Waals surface area contributed by atoms with Gasteiger partial charge in [-0.05, 0) is 39.8 Å². The first kappa shape index (κ1) is 11.6. The van der Waals surface area contributed by atoms with Gasteiger partial charge in [0, 0.05) is 11.3 Å². The minimum Gasteiger partial charge on any atom is -0.390 e. The average molecular weight is 210 g/mol. The van der Waals surface area contributed by atoms with Crippen LogP contribution in [0, 0.1) is 12.9 Å². The molecule has 1 aromatic heterocycles. The average Bonchev–Trinajstić information content (AvgIpc) is 2.07. The van der Waals surface area contributed by atoms with Gasteiger partial charge in [0.15, 0.2) is 0 Å². The quantitative estimate of drug-likeness (QED) is 0.427. The number of hydrogen-bond acceptors (Lipinski definition) is 3. The highest BCUT2D eigenvalue weighted by Crippen LogP contribution is 2.08. The number of aryl methyl sites for hydroxylation is 1. The van der Waals surface area contributed by atoms with Crippen LogP contribution in [0.25, 0.3) is 0 Å². The molecule has 0 N–H and O–H groups in total. The van der Waals surface area contributed by atoms with Gasteiger partial charge in [-0.15, -0.1) is 0 Å². The highest BCUT2D eigenvalue weighted by molar-refractivity contribution is 5.80. The van der Waals surface area contributed by atoms with Crippen molar-refractivity contribution in [2.24, 2.45) is 5.16 Å². The second-order valence-electron chi connectivity index (χ2n) is 4.25. The van der Waals surface area contributed by atoms with Gasteiger partial charge >= 0.3 is 0 Å². The zero-order valence-corrected chi connectivity index (χ0v) is 9.41. The van der Waals surface area contributed by atoms with Crippen molar-refractivity contribution in [1.82, 2.24) is 4.98 Å². The molecule has 0 unspecified atom stereocenters. The second kappa shape index (κ2) is 4.38. The van der Waals surface area contributed by atoms with Crippen LogP contribution < -0.4 is 0 Å². The van der Waals surface area contributed by atoms with Crippen LogP contribution in [0.3, 0.4) is 0 Å². The minimum absolute atomic E-state index is 0.322. The lowest BCUT2D eigenvalue weighted by Gasteiger charge is -2.14. The highest BCUT2D eigenvalue weighted by atomic mass is 19.1. The van der Waals surface area contributed by atoms with Crippen LogP contribution in [0.4, 0.5) is 4.39 Å². The maximum absolute atomic E-state index is 12.7. The fraction of sp³-hybridized carbons (Fsp3) is 0.455. The van der Waals surface area contributed by atoms with Crippen LogP contribution in [-0.2, 0) is 4.84 Å². The molecule has 0 saturated heterocycles. The van der Waals surface area contributed by atoms with E-state index in [1.165, 1.54) is 12.3 Å². The van der Waals surface area contributed by atoms with Crippen molar-refractivity contribution in [1.29, 1.82) is 0 Å². The van der Waals surface area contributed by atoms with Crippen LogP contribution in [-0.4, -0.2) is 16.8 Å². The van der Waals surface area contributed by atoms with Gasteiger partial charge < -0.3 is 4.84 Å². The summed E-state index contributed by atoms with van der Waals surface area (Å²) < 4.78 is 12.7. The summed E-state index contributed by atoms with van der Waals surface area (Å²) in [6.45, 7) is 7.43. The number of pyridine rings is 1. The Balaban J connectivity index is 2.73. The Hall–Kier alpha value is -1.45. The summed E-state index contributed by atoms with van der Waals surface area (Å²) in [5.41, 5.74) is 1.02. The summed E-state index contributed by atoms with van der Waals surface area (Å²) in [6.07, 6.45) is 1.53. The van der Waals surface area contributed by atoms with Crippen molar-refractivity contribution in [2.75, 3.05) is 0 Å². The number of halogens is 1. The Morgan fingerprint density at radius 3 is 2.60 bits per heavy atom. The molecular formula is C11H15FN2O. The van der Waals surface area contributed by atoms with Crippen LogP contribution >= 0.6 is 0 Å². The van der Waals surface area contributed by atoms with Crippen molar-refractivity contribution in [3.05, 3.63) is 29.3 Å². The van der Waals surface area contributed by atoms with Crippen molar-refractivity contribution in [2.45, 2.75) is 33.3 Å². The van der Waals surface area contributed by atoms with Crippen LogP contribution in [0.5, 0.6) is 0 Å². The molecule has 1 heterocycles. The molecule has 1 aromatic rings. The molecule has 0 aliphatic heterocycles. The minimum atomic E-state index is -0.485. The van der Waals surface area contributed by atoms with E-state index < -0.39 is 5.95 Å². The number of nitrogens with zero attached hydrogens (tertiary/aromatic N) is 2. The van der Waals surface area contributed by atoms with Gasteiger partial charge in [0.05, 0.1) is 6.21 Å². The predicted octanol–water partition coefficient (Wildman–Crippen LogP) is 2.68. The Kier molecular flexibility index (Phi) is 3.39. The van der Waals surface area contributed by atoms with Gasteiger partial charge in [0.25, 0.3) is 0 Å². The van der Waals surface area contributed by atoms with E-state index in [2.05, 4.69) is 10.1 Å². The Bertz CT molecular complexity index is 369. The topological polar surface area (TPSA) is 34.5 Å². The third kappa shape index (κ3) is 4.06. The lowest BCUT2D eigenvalue weighted by molar-refractivity contribution is 0.00198. The first-order valence-electron chi connectivity index (χ1n) is 4.73. The smallest absolute Gasteiger partial charge is 0.213 e. The van der Waals surface area contributed by atoms with Gasteiger partial charge in [0.1, 0.15) is 5.60 Å². The molecule has 0 aliphatic carbocycles. The molecule has 0 atom stereocenters. The zero-order valence-electron chi connectivity index (χ0n) is 9.41. The van der Waals surface area contributed by atoms with E-state index in [0.29, 0.717) is 5.69 Å². The molecule has 0 saturated carbocycles. The first-order chi connectivity index (χ1) is 6.88. The molecule has 1 rings (SSSR count). The molecule has 3 nitrogen and oxygen atoms in total. The van der Waals surface area contributed by atoms with Crippen LogP contribution in [0.2, 0.25) is 0 Å². The lowest BCUT2D eigenvalue weighted by atomic mass is 10.2. The molecule has 4 heteroatoms. The van der Waals surface area contributed by atoms with Crippen molar-refractivity contribution in [3.8, 4) is 0 Å². The molecule has 0 spiro atoms. The second-order valence-corrected chi connectivity index (χ2v) is 4.25. The third-order valence-corrected chi connectivity index (χ3v) is 1.61. The lowest BCUT2D eigenvalue weighted by Crippen LogP contribution is -2.15. The predicted molar refractivity (Wildman–Crippen MR) is 57.4 cm³/mol. The van der Waals surface area contributed by atoms with Gasteiger partial charge in [-0.2, -0.15) is 4.39 Å². The van der Waals surface area contributed by atoms with E-state index in [-0.39, 0.29) is 5.60 Å². The van der Waals surface area contributed by atoms with Crippen molar-refractivity contribution >= 4 is 6.21 Å². The van der Waals surface area contributed by atoms with Gasteiger partial charge in [0.2, 0.25) is 5.95 Å². The largest absolute Gasteiger partial charge is 0.390 e. The highest BCUT2D eigenvalue weighted by Gasteiger charge is 2.09. The Morgan fingerprint density at radius 1 is 1.40 bits per heavy atom. The van der Waals surface area contributed by atoms with Crippen LogP contribution in [0.1, 0.15) is 32.0 Å². The van der Waals surface area contributed by atoms with Crippen molar-refractivity contribution in [3.63, 3.8) is 0 Å². The molecular weight excluding hydrogens is 195 g/mol. The maximum atomic E-state index is 12.7. The zero-order chi connectivity index (χ0) is 11.5. The van der Waals surface area contributed by atoms with E-state index >= 15 is 0 Å². The SMILES string of the molecule is Cc1nc(F)ccc1/C=N/OC(C)(C)C. The summed E-state index contributed by atoms with van der Waals surface area (Å²) in [5, 5.41) is 3.82.